The average Bonchev–Trinajstić information content (AvgIpc) is 2.86. The van der Waals surface area contributed by atoms with Gasteiger partial charge in [0.2, 0.25) is 5.91 Å². The van der Waals surface area contributed by atoms with Crippen LogP contribution in [0.25, 0.3) is 22.2 Å². The van der Waals surface area contributed by atoms with Gasteiger partial charge in [-0.15, -0.1) is 0 Å². The summed E-state index contributed by atoms with van der Waals surface area (Å²) in [5.41, 5.74) is 6.58. The van der Waals surface area contributed by atoms with Gasteiger partial charge >= 0.3 is 0 Å². The van der Waals surface area contributed by atoms with Crippen LogP contribution in [0.3, 0.4) is 0 Å². The van der Waals surface area contributed by atoms with Gasteiger partial charge in [-0.25, -0.2) is 10.4 Å². The molecule has 8 heteroatoms. The fourth-order valence-electron chi connectivity index (χ4n) is 3.57. The summed E-state index contributed by atoms with van der Waals surface area (Å²) in [5.74, 6) is -0.326. The molecular formula is C29H27BrN4O3. The van der Waals surface area contributed by atoms with Crippen LogP contribution in [0.5, 0.6) is 5.75 Å². The minimum Gasteiger partial charge on any atom is -0.508 e. The molecule has 188 valence electrons. The molecule has 4 aromatic rings. The number of aromatic nitrogens is 1. The maximum Gasteiger partial charge on any atom is 0.272 e. The summed E-state index contributed by atoms with van der Waals surface area (Å²) >= 11 is 3.47. The summed E-state index contributed by atoms with van der Waals surface area (Å²) in [5, 5.41) is 17.5. The van der Waals surface area contributed by atoms with Crippen LogP contribution in [0, 0.1) is 5.41 Å². The van der Waals surface area contributed by atoms with E-state index in [1.807, 2.05) is 63.2 Å². The fourth-order valence-corrected chi connectivity index (χ4v) is 3.93. The molecule has 0 spiro atoms. The highest BCUT2D eigenvalue weighted by molar-refractivity contribution is 9.10. The first-order valence-electron chi connectivity index (χ1n) is 11.7. The van der Waals surface area contributed by atoms with Gasteiger partial charge in [0.15, 0.2) is 0 Å². The number of fused-ring (bicyclic) bond motifs is 1. The van der Waals surface area contributed by atoms with Crippen molar-refractivity contribution >= 4 is 50.0 Å². The molecule has 37 heavy (non-hydrogen) atoms. The van der Waals surface area contributed by atoms with Crippen LogP contribution in [-0.4, -0.2) is 27.6 Å². The lowest BCUT2D eigenvalue weighted by atomic mass is 9.95. The van der Waals surface area contributed by atoms with E-state index >= 15 is 0 Å². The van der Waals surface area contributed by atoms with Crippen molar-refractivity contribution in [2.45, 2.75) is 27.7 Å². The predicted molar refractivity (Wildman–Crippen MR) is 151 cm³/mol. The third kappa shape index (κ3) is 6.21. The number of hydrogen-bond acceptors (Lipinski definition) is 5. The molecule has 0 radical (unpaired) electrons. The first kappa shape index (κ1) is 26.0. The monoisotopic (exact) mass is 558 g/mol. The van der Waals surface area contributed by atoms with Crippen molar-refractivity contribution in [1.82, 2.24) is 10.4 Å². The van der Waals surface area contributed by atoms with Crippen LogP contribution >= 0.6 is 15.9 Å². The number of halogens is 1. The Kier molecular flexibility index (Phi) is 7.40. The summed E-state index contributed by atoms with van der Waals surface area (Å²) in [6.45, 7) is 7.34. The topological polar surface area (TPSA) is 104 Å². The molecule has 0 saturated carbocycles. The van der Waals surface area contributed by atoms with Gasteiger partial charge in [-0.3, -0.25) is 9.59 Å². The van der Waals surface area contributed by atoms with E-state index in [1.54, 1.807) is 37.3 Å². The molecule has 0 atom stereocenters. The Hall–Kier alpha value is -4.04. The zero-order valence-electron chi connectivity index (χ0n) is 21.0. The van der Waals surface area contributed by atoms with E-state index in [0.29, 0.717) is 33.6 Å². The number of nitrogens with one attached hydrogen (secondary N) is 2. The molecule has 2 amide bonds. The van der Waals surface area contributed by atoms with Gasteiger partial charge in [0.05, 0.1) is 22.5 Å². The Labute approximate surface area is 223 Å². The molecule has 1 heterocycles. The third-order valence-electron chi connectivity index (χ3n) is 5.72. The van der Waals surface area contributed by atoms with Crippen LogP contribution in [-0.2, 0) is 4.79 Å². The van der Waals surface area contributed by atoms with Crippen molar-refractivity contribution in [3.8, 4) is 17.0 Å². The van der Waals surface area contributed by atoms with E-state index in [9.17, 15) is 14.7 Å². The second-order valence-corrected chi connectivity index (χ2v) is 10.6. The highest BCUT2D eigenvalue weighted by Gasteiger charge is 2.21. The first-order valence-corrected chi connectivity index (χ1v) is 12.5. The van der Waals surface area contributed by atoms with Crippen molar-refractivity contribution in [2.75, 3.05) is 5.32 Å². The van der Waals surface area contributed by atoms with Crippen molar-refractivity contribution in [1.29, 1.82) is 0 Å². The van der Waals surface area contributed by atoms with E-state index in [1.165, 1.54) is 0 Å². The minimum absolute atomic E-state index is 0.0901. The number of benzene rings is 3. The number of amides is 2. The highest BCUT2D eigenvalue weighted by atomic mass is 79.9. The van der Waals surface area contributed by atoms with Crippen LogP contribution in [0.2, 0.25) is 0 Å². The number of aromatic hydroxyl groups is 1. The number of nitrogens with zero attached hydrogens (tertiary/aromatic N) is 2. The van der Waals surface area contributed by atoms with Crippen molar-refractivity contribution in [2.24, 2.45) is 10.5 Å². The number of pyridine rings is 1. The molecule has 7 nitrogen and oxygen atoms in total. The number of carbonyl (C=O) groups excluding carboxylic acids is 2. The van der Waals surface area contributed by atoms with Gasteiger partial charge in [-0.2, -0.15) is 5.10 Å². The summed E-state index contributed by atoms with van der Waals surface area (Å²) in [7, 11) is 0. The van der Waals surface area contributed by atoms with Gasteiger partial charge in [-0.05, 0) is 73.2 Å². The maximum atomic E-state index is 13.3. The zero-order valence-corrected chi connectivity index (χ0v) is 22.6. The van der Waals surface area contributed by atoms with E-state index in [-0.39, 0.29) is 17.6 Å². The summed E-state index contributed by atoms with van der Waals surface area (Å²) in [6, 6.07) is 21.2. The van der Waals surface area contributed by atoms with Crippen LogP contribution in [0.15, 0.2) is 82.4 Å². The Balaban J connectivity index is 1.63. The number of phenols is 1. The molecular weight excluding hydrogens is 532 g/mol. The lowest BCUT2D eigenvalue weighted by Gasteiger charge is -2.18. The Morgan fingerprint density at radius 3 is 2.41 bits per heavy atom. The fraction of sp³-hybridized carbons (Fsp3) is 0.172. The van der Waals surface area contributed by atoms with Gasteiger partial charge in [0.25, 0.3) is 5.91 Å². The van der Waals surface area contributed by atoms with E-state index < -0.39 is 5.41 Å². The lowest BCUT2D eigenvalue weighted by Crippen LogP contribution is -2.27. The SMILES string of the molecule is C/C(=N\NC(=O)c1cc(-c2ccc(O)cc2)nc2ccc(Br)cc12)c1cccc(NC(=O)C(C)(C)C)c1. The van der Waals surface area contributed by atoms with Gasteiger partial charge in [0, 0.05) is 26.5 Å². The number of rotatable bonds is 5. The molecule has 0 aliphatic heterocycles. The second-order valence-electron chi connectivity index (χ2n) is 9.69. The van der Waals surface area contributed by atoms with E-state index in [2.05, 4.69) is 31.8 Å². The highest BCUT2D eigenvalue weighted by Crippen LogP contribution is 2.28. The quantitative estimate of drug-likeness (QED) is 0.192. The smallest absolute Gasteiger partial charge is 0.272 e. The molecule has 0 bridgehead atoms. The number of anilines is 1. The van der Waals surface area contributed by atoms with Crippen LogP contribution in [0.4, 0.5) is 5.69 Å². The predicted octanol–water partition coefficient (Wildman–Crippen LogP) is 6.51. The summed E-state index contributed by atoms with van der Waals surface area (Å²) < 4.78 is 0.821. The summed E-state index contributed by atoms with van der Waals surface area (Å²) in [6.07, 6.45) is 0. The second kappa shape index (κ2) is 10.5. The normalized spacial score (nSPS) is 11.9. The molecule has 0 aliphatic carbocycles. The maximum absolute atomic E-state index is 13.3. The molecule has 0 saturated heterocycles. The number of carbonyl (C=O) groups is 2. The van der Waals surface area contributed by atoms with Crippen LogP contribution in [0.1, 0.15) is 43.6 Å². The number of phenolic OH excluding ortho intramolecular Hbond substituents is 1. The average molecular weight is 559 g/mol. The number of hydrazone groups is 1. The zero-order chi connectivity index (χ0) is 26.7. The molecule has 0 aliphatic rings. The largest absolute Gasteiger partial charge is 0.508 e. The minimum atomic E-state index is -0.519. The Morgan fingerprint density at radius 2 is 1.70 bits per heavy atom. The van der Waals surface area contributed by atoms with Crippen molar-refractivity contribution < 1.29 is 14.7 Å². The van der Waals surface area contributed by atoms with Crippen molar-refractivity contribution in [3.63, 3.8) is 0 Å². The number of hydrogen-bond donors (Lipinski definition) is 3. The summed E-state index contributed by atoms with van der Waals surface area (Å²) in [4.78, 5) is 30.4. The van der Waals surface area contributed by atoms with E-state index in [0.717, 1.165) is 15.6 Å². The Bertz CT molecular complexity index is 1520. The molecule has 1 aromatic heterocycles. The molecule has 0 fully saturated rings. The van der Waals surface area contributed by atoms with Gasteiger partial charge in [0.1, 0.15) is 5.75 Å². The van der Waals surface area contributed by atoms with E-state index in [4.69, 9.17) is 4.98 Å². The van der Waals surface area contributed by atoms with Crippen molar-refractivity contribution in [3.05, 3.63) is 88.4 Å². The Morgan fingerprint density at radius 1 is 0.973 bits per heavy atom. The molecule has 0 unspecified atom stereocenters. The molecule has 3 N–H and O–H groups in total. The lowest BCUT2D eigenvalue weighted by molar-refractivity contribution is -0.123. The first-order chi connectivity index (χ1) is 17.5. The van der Waals surface area contributed by atoms with Gasteiger partial charge < -0.3 is 10.4 Å². The van der Waals surface area contributed by atoms with Crippen LogP contribution < -0.4 is 10.7 Å². The van der Waals surface area contributed by atoms with Gasteiger partial charge in [-0.1, -0.05) is 48.8 Å². The molecule has 3 aromatic carbocycles. The third-order valence-corrected chi connectivity index (χ3v) is 6.22. The standard InChI is InChI=1S/C29H27BrN4O3/c1-17(19-6-5-7-21(14-19)31-28(37)29(2,3)4)33-34-27(36)24-16-26(18-8-11-22(35)12-9-18)32-25-13-10-20(30)15-23(24)25/h5-16,35H,1-4H3,(H,31,37)(H,34,36)/b33-17+. The molecule has 4 rings (SSSR count).